The summed E-state index contributed by atoms with van der Waals surface area (Å²) in [5.74, 6) is -0.168. The maximum atomic E-state index is 12.7. The predicted octanol–water partition coefficient (Wildman–Crippen LogP) is 1.91. The van der Waals surface area contributed by atoms with Crippen molar-refractivity contribution >= 4 is 28.0 Å². The Hall–Kier alpha value is -3.55. The van der Waals surface area contributed by atoms with Crippen molar-refractivity contribution in [3.8, 4) is 5.88 Å². The normalized spacial score (nSPS) is 11.1. The molecule has 1 aromatic carbocycles. The van der Waals surface area contributed by atoms with Crippen LogP contribution in [0.4, 0.5) is 0 Å². The van der Waals surface area contributed by atoms with Gasteiger partial charge in [-0.1, -0.05) is 12.1 Å². The molecular formula is C17H12N4O4. The summed E-state index contributed by atoms with van der Waals surface area (Å²) in [7, 11) is 0. The molecule has 25 heavy (non-hydrogen) atoms. The average Bonchev–Trinajstić information content (AvgIpc) is 3.01. The summed E-state index contributed by atoms with van der Waals surface area (Å²) in [5, 5.41) is 5.01. The number of hydrogen-bond donors (Lipinski definition) is 0. The lowest BCUT2D eigenvalue weighted by molar-refractivity contribution is -0.132. The molecule has 0 atom stereocenters. The van der Waals surface area contributed by atoms with Crippen LogP contribution in [0.3, 0.4) is 0 Å². The van der Waals surface area contributed by atoms with Crippen molar-refractivity contribution in [3.63, 3.8) is 0 Å². The highest BCUT2D eigenvalue weighted by Crippen LogP contribution is 2.20. The lowest BCUT2D eigenvalue weighted by atomic mass is 10.2. The summed E-state index contributed by atoms with van der Waals surface area (Å²) >= 11 is 0. The van der Waals surface area contributed by atoms with E-state index in [-0.39, 0.29) is 23.9 Å². The first-order valence-corrected chi connectivity index (χ1v) is 7.50. The third-order valence-corrected chi connectivity index (χ3v) is 3.57. The highest BCUT2D eigenvalue weighted by Gasteiger charge is 2.15. The lowest BCUT2D eigenvalue weighted by Crippen LogP contribution is -2.25. The summed E-state index contributed by atoms with van der Waals surface area (Å²) in [5.41, 5.74) is 0.639. The van der Waals surface area contributed by atoms with Gasteiger partial charge in [0, 0.05) is 13.1 Å². The molecule has 124 valence electrons. The van der Waals surface area contributed by atoms with Crippen LogP contribution in [0.1, 0.15) is 12.8 Å². The maximum Gasteiger partial charge on any atom is 0.309 e. The van der Waals surface area contributed by atoms with Gasteiger partial charge >= 0.3 is 5.97 Å². The van der Waals surface area contributed by atoms with Crippen molar-refractivity contribution in [1.29, 1.82) is 0 Å². The molecule has 0 aliphatic heterocycles. The molecule has 0 aliphatic rings. The molecule has 0 amide bonds. The fraction of sp³-hybridized carbons (Fsp3) is 0.118. The van der Waals surface area contributed by atoms with E-state index in [1.807, 2.05) is 0 Å². The molecule has 3 heterocycles. The Kier molecular flexibility index (Phi) is 3.50. The number of fused-ring (bicyclic) bond motifs is 2. The Labute approximate surface area is 140 Å². The average molecular weight is 336 g/mol. The zero-order valence-corrected chi connectivity index (χ0v) is 13.2. The van der Waals surface area contributed by atoms with Gasteiger partial charge in [0.25, 0.3) is 5.56 Å². The van der Waals surface area contributed by atoms with E-state index in [1.54, 1.807) is 42.6 Å². The van der Waals surface area contributed by atoms with Crippen LogP contribution in [-0.2, 0) is 11.3 Å². The molecule has 0 fully saturated rings. The van der Waals surface area contributed by atoms with Crippen molar-refractivity contribution in [3.05, 3.63) is 58.8 Å². The third-order valence-electron chi connectivity index (χ3n) is 3.57. The highest BCUT2D eigenvalue weighted by molar-refractivity contribution is 5.87. The van der Waals surface area contributed by atoms with Crippen molar-refractivity contribution in [1.82, 2.24) is 19.7 Å². The molecule has 0 saturated heterocycles. The molecule has 4 aromatic rings. The molecule has 0 spiro atoms. The molecule has 0 bridgehead atoms. The Bertz CT molecular complexity index is 1130. The van der Waals surface area contributed by atoms with E-state index in [4.69, 9.17) is 9.15 Å². The number of ether oxygens (including phenoxy) is 1. The topological polar surface area (TPSA) is 100 Å². The van der Waals surface area contributed by atoms with E-state index in [2.05, 4.69) is 15.1 Å². The number of esters is 1. The summed E-state index contributed by atoms with van der Waals surface area (Å²) < 4.78 is 11.9. The van der Waals surface area contributed by atoms with Gasteiger partial charge in [0.2, 0.25) is 11.8 Å². The van der Waals surface area contributed by atoms with Gasteiger partial charge < -0.3 is 9.15 Å². The van der Waals surface area contributed by atoms with Gasteiger partial charge in [-0.15, -0.1) is 5.10 Å². The monoisotopic (exact) mass is 336 g/mol. The van der Waals surface area contributed by atoms with Gasteiger partial charge in [-0.2, -0.15) is 4.98 Å². The maximum absolute atomic E-state index is 12.7. The number of pyridine rings is 1. The van der Waals surface area contributed by atoms with Crippen molar-refractivity contribution in [2.24, 2.45) is 0 Å². The minimum absolute atomic E-state index is 0.00566. The summed E-state index contributed by atoms with van der Waals surface area (Å²) in [4.78, 5) is 32.3. The zero-order chi connectivity index (χ0) is 17.4. The summed E-state index contributed by atoms with van der Waals surface area (Å²) in [6, 6.07) is 10.3. The zero-order valence-electron chi connectivity index (χ0n) is 13.2. The number of oxazole rings is 1. The molecule has 0 aliphatic carbocycles. The highest BCUT2D eigenvalue weighted by atomic mass is 16.5. The quantitative estimate of drug-likeness (QED) is 0.527. The van der Waals surface area contributed by atoms with Crippen LogP contribution < -0.4 is 10.3 Å². The van der Waals surface area contributed by atoms with Crippen LogP contribution in [0, 0.1) is 0 Å². The molecule has 0 saturated carbocycles. The van der Waals surface area contributed by atoms with E-state index in [9.17, 15) is 9.59 Å². The Morgan fingerprint density at radius 3 is 2.76 bits per heavy atom. The van der Waals surface area contributed by atoms with Gasteiger partial charge in [-0.3, -0.25) is 9.59 Å². The van der Waals surface area contributed by atoms with Crippen molar-refractivity contribution < 1.29 is 13.9 Å². The number of hydrogen-bond acceptors (Lipinski definition) is 7. The second-order valence-electron chi connectivity index (χ2n) is 5.34. The van der Waals surface area contributed by atoms with Crippen LogP contribution >= 0.6 is 0 Å². The van der Waals surface area contributed by atoms with Gasteiger partial charge in [-0.25, -0.2) is 9.67 Å². The predicted molar refractivity (Wildman–Crippen MR) is 88.2 cm³/mol. The Morgan fingerprint density at radius 1 is 1.20 bits per heavy atom. The van der Waals surface area contributed by atoms with E-state index in [1.165, 1.54) is 6.92 Å². The molecule has 8 nitrogen and oxygen atoms in total. The number of nitrogens with zero attached hydrogens (tertiary/aromatic N) is 4. The van der Waals surface area contributed by atoms with E-state index in [0.29, 0.717) is 22.0 Å². The van der Waals surface area contributed by atoms with Crippen LogP contribution in [0.5, 0.6) is 5.88 Å². The second-order valence-corrected chi connectivity index (χ2v) is 5.34. The number of aromatic nitrogens is 4. The SMILES string of the molecule is CC(=O)Oc1nn(Cc2nc3ncccc3o2)c(=O)c2ccccc12. The van der Waals surface area contributed by atoms with Gasteiger partial charge in [0.05, 0.1) is 10.8 Å². The van der Waals surface area contributed by atoms with Crippen LogP contribution in [0.15, 0.2) is 51.8 Å². The van der Waals surface area contributed by atoms with Crippen LogP contribution in [-0.4, -0.2) is 25.7 Å². The number of rotatable bonds is 3. The third kappa shape index (κ3) is 2.74. The smallest absolute Gasteiger partial charge is 0.309 e. The fourth-order valence-corrected chi connectivity index (χ4v) is 2.53. The van der Waals surface area contributed by atoms with Gasteiger partial charge in [0.1, 0.15) is 6.54 Å². The van der Waals surface area contributed by atoms with Crippen molar-refractivity contribution in [2.45, 2.75) is 13.5 Å². The van der Waals surface area contributed by atoms with E-state index in [0.717, 1.165) is 4.68 Å². The standard InChI is InChI=1S/C17H12N4O4/c1-10(22)24-16-11-5-2-3-6-12(11)17(23)21(20-16)9-14-19-15-13(25-14)7-4-8-18-15/h2-8H,9H2,1H3. The second kappa shape index (κ2) is 5.82. The Morgan fingerprint density at radius 2 is 2.00 bits per heavy atom. The summed E-state index contributed by atoms with van der Waals surface area (Å²) in [6.45, 7) is 1.27. The first-order chi connectivity index (χ1) is 12.1. The minimum atomic E-state index is -0.520. The van der Waals surface area contributed by atoms with Crippen molar-refractivity contribution in [2.75, 3.05) is 0 Å². The fourth-order valence-electron chi connectivity index (χ4n) is 2.53. The number of carbonyl (C=O) groups is 1. The van der Waals surface area contributed by atoms with Crippen LogP contribution in [0.2, 0.25) is 0 Å². The van der Waals surface area contributed by atoms with Gasteiger partial charge in [-0.05, 0) is 24.3 Å². The van der Waals surface area contributed by atoms with Gasteiger partial charge in [0.15, 0.2) is 11.2 Å². The molecule has 0 N–H and O–H groups in total. The molecule has 4 rings (SSSR count). The minimum Gasteiger partial charge on any atom is -0.437 e. The first kappa shape index (κ1) is 15.0. The summed E-state index contributed by atoms with van der Waals surface area (Å²) in [6.07, 6.45) is 1.61. The Balaban J connectivity index is 1.84. The molecule has 8 heteroatoms. The number of carbonyl (C=O) groups excluding carboxylic acids is 1. The lowest BCUT2D eigenvalue weighted by Gasteiger charge is -2.08. The molecule has 0 radical (unpaired) electrons. The van der Waals surface area contributed by atoms with E-state index >= 15 is 0 Å². The molecule has 0 unspecified atom stereocenters. The number of benzene rings is 1. The van der Waals surface area contributed by atoms with Crippen LogP contribution in [0.25, 0.3) is 22.0 Å². The molecular weight excluding hydrogens is 324 g/mol. The van der Waals surface area contributed by atoms with E-state index < -0.39 is 5.97 Å². The first-order valence-electron chi connectivity index (χ1n) is 7.50. The largest absolute Gasteiger partial charge is 0.437 e. The molecule has 3 aromatic heterocycles.